The number of hydrogen-bond donors (Lipinski definition) is 2. The predicted molar refractivity (Wildman–Crippen MR) is 120 cm³/mol. The molecule has 0 radical (unpaired) electrons. The average Bonchev–Trinajstić information content (AvgIpc) is 2.77. The molecule has 1 unspecified atom stereocenters. The third kappa shape index (κ3) is 6.07. The maximum absolute atomic E-state index is 4.97. The number of aromatic nitrogens is 2. The van der Waals surface area contributed by atoms with Crippen LogP contribution < -0.4 is 15.5 Å². The highest BCUT2D eigenvalue weighted by molar-refractivity contribution is 5.80. The lowest BCUT2D eigenvalue weighted by Crippen LogP contribution is -2.53. The lowest BCUT2D eigenvalue weighted by Gasteiger charge is -2.36. The molecule has 1 aliphatic heterocycles. The monoisotopic (exact) mass is 395 g/mol. The van der Waals surface area contributed by atoms with Gasteiger partial charge < -0.3 is 20.4 Å². The van der Waals surface area contributed by atoms with Crippen LogP contribution >= 0.6 is 0 Å². The second kappa shape index (κ2) is 10.6. The van der Waals surface area contributed by atoms with E-state index < -0.39 is 0 Å². The van der Waals surface area contributed by atoms with E-state index in [-0.39, 0.29) is 6.04 Å². The van der Waals surface area contributed by atoms with Crippen molar-refractivity contribution < 1.29 is 0 Å². The molecule has 1 aromatic carbocycles. The maximum Gasteiger partial charge on any atom is 0.225 e. The molecule has 7 heteroatoms. The highest BCUT2D eigenvalue weighted by atomic mass is 15.4. The number of benzene rings is 1. The van der Waals surface area contributed by atoms with Crippen LogP contribution in [0.1, 0.15) is 20.8 Å². The zero-order valence-corrected chi connectivity index (χ0v) is 17.8. The molecule has 1 atom stereocenters. The van der Waals surface area contributed by atoms with E-state index in [1.165, 1.54) is 0 Å². The van der Waals surface area contributed by atoms with Crippen molar-refractivity contribution in [2.75, 3.05) is 49.5 Å². The normalized spacial score (nSPS) is 16.1. The van der Waals surface area contributed by atoms with Gasteiger partial charge in [0.15, 0.2) is 5.96 Å². The number of nitrogens with one attached hydrogen (secondary N) is 2. The van der Waals surface area contributed by atoms with E-state index in [9.17, 15) is 0 Å². The van der Waals surface area contributed by atoms with Crippen LogP contribution in [0.5, 0.6) is 0 Å². The Morgan fingerprint density at radius 2 is 1.72 bits per heavy atom. The second-order valence-electron chi connectivity index (χ2n) is 7.58. The highest BCUT2D eigenvalue weighted by Crippen LogP contribution is 2.14. The van der Waals surface area contributed by atoms with Gasteiger partial charge in [-0.15, -0.1) is 0 Å². The number of rotatable bonds is 7. The van der Waals surface area contributed by atoms with Crippen LogP contribution in [0, 0.1) is 5.92 Å². The molecule has 0 spiro atoms. The van der Waals surface area contributed by atoms with Crippen molar-refractivity contribution in [3.63, 3.8) is 0 Å². The van der Waals surface area contributed by atoms with Crippen LogP contribution in [-0.4, -0.2) is 66.1 Å². The highest BCUT2D eigenvalue weighted by Gasteiger charge is 2.22. The van der Waals surface area contributed by atoms with E-state index in [1.54, 1.807) is 12.4 Å². The van der Waals surface area contributed by atoms with Gasteiger partial charge in [0.2, 0.25) is 5.95 Å². The number of anilines is 2. The first kappa shape index (κ1) is 20.9. The van der Waals surface area contributed by atoms with Crippen molar-refractivity contribution in [3.8, 4) is 0 Å². The quantitative estimate of drug-likeness (QED) is 0.555. The zero-order valence-electron chi connectivity index (χ0n) is 17.8. The third-order valence-corrected chi connectivity index (χ3v) is 5.12. The van der Waals surface area contributed by atoms with Crippen molar-refractivity contribution in [2.24, 2.45) is 10.9 Å². The predicted octanol–water partition coefficient (Wildman–Crippen LogP) is 2.70. The van der Waals surface area contributed by atoms with E-state index >= 15 is 0 Å². The Morgan fingerprint density at radius 1 is 1.03 bits per heavy atom. The molecule has 7 nitrogen and oxygen atoms in total. The van der Waals surface area contributed by atoms with Crippen LogP contribution in [0.15, 0.2) is 53.8 Å². The van der Waals surface area contributed by atoms with Gasteiger partial charge >= 0.3 is 0 Å². The molecule has 1 fully saturated rings. The fraction of sp³-hybridized carbons (Fsp3) is 0.500. The molecule has 0 bridgehead atoms. The smallest absolute Gasteiger partial charge is 0.225 e. The van der Waals surface area contributed by atoms with Crippen molar-refractivity contribution in [2.45, 2.75) is 26.8 Å². The van der Waals surface area contributed by atoms with Crippen LogP contribution in [-0.2, 0) is 0 Å². The molecule has 0 aliphatic carbocycles. The first-order valence-corrected chi connectivity index (χ1v) is 10.5. The van der Waals surface area contributed by atoms with Gasteiger partial charge in [0.25, 0.3) is 0 Å². The summed E-state index contributed by atoms with van der Waals surface area (Å²) in [5.41, 5.74) is 1.14. The Labute approximate surface area is 174 Å². The van der Waals surface area contributed by atoms with Crippen molar-refractivity contribution >= 4 is 17.6 Å². The summed E-state index contributed by atoms with van der Waals surface area (Å²) in [7, 11) is 0. The Hall–Kier alpha value is -2.83. The van der Waals surface area contributed by atoms with Gasteiger partial charge in [-0.2, -0.15) is 0 Å². The first-order chi connectivity index (χ1) is 14.2. The van der Waals surface area contributed by atoms with E-state index in [0.717, 1.165) is 56.9 Å². The summed E-state index contributed by atoms with van der Waals surface area (Å²) in [5, 5.41) is 7.09. The summed E-state index contributed by atoms with van der Waals surface area (Å²) in [6.45, 7) is 11.8. The Morgan fingerprint density at radius 3 is 2.34 bits per heavy atom. The van der Waals surface area contributed by atoms with E-state index in [2.05, 4.69) is 75.4 Å². The fourth-order valence-electron chi connectivity index (χ4n) is 3.35. The van der Waals surface area contributed by atoms with Crippen molar-refractivity contribution in [3.05, 3.63) is 48.8 Å². The fourth-order valence-corrected chi connectivity index (χ4v) is 3.35. The van der Waals surface area contributed by atoms with Gasteiger partial charge in [-0.05, 0) is 31.0 Å². The standard InChI is InChI=1S/C22H33N7/c1-4-23-21(26-17-20(18(2)3)27-19-9-6-5-7-10-19)28-13-15-29(16-14-28)22-24-11-8-12-25-22/h5-12,18,20,27H,4,13-17H2,1-3H3,(H,23,26). The number of hydrogen-bond acceptors (Lipinski definition) is 5. The van der Waals surface area contributed by atoms with Crippen LogP contribution in [0.2, 0.25) is 0 Å². The lowest BCUT2D eigenvalue weighted by molar-refractivity contribution is 0.369. The Balaban J connectivity index is 1.61. The Kier molecular flexibility index (Phi) is 7.67. The number of piperazine rings is 1. The topological polar surface area (TPSA) is 68.7 Å². The van der Waals surface area contributed by atoms with Crippen LogP contribution in [0.4, 0.5) is 11.6 Å². The largest absolute Gasteiger partial charge is 0.380 e. The van der Waals surface area contributed by atoms with E-state index in [0.29, 0.717) is 5.92 Å². The number of para-hydroxylation sites is 1. The molecular weight excluding hydrogens is 362 g/mol. The number of aliphatic imine (C=N–C) groups is 1. The summed E-state index contributed by atoms with van der Waals surface area (Å²) in [6, 6.07) is 12.5. The number of guanidine groups is 1. The minimum Gasteiger partial charge on any atom is -0.380 e. The van der Waals surface area contributed by atoms with Crippen LogP contribution in [0.25, 0.3) is 0 Å². The van der Waals surface area contributed by atoms with Gasteiger partial charge in [-0.25, -0.2) is 9.97 Å². The minimum atomic E-state index is 0.282. The van der Waals surface area contributed by atoms with Crippen molar-refractivity contribution in [1.82, 2.24) is 20.2 Å². The molecule has 156 valence electrons. The van der Waals surface area contributed by atoms with Gasteiger partial charge in [0.05, 0.1) is 6.54 Å². The summed E-state index contributed by atoms with van der Waals surface area (Å²) in [4.78, 5) is 18.3. The first-order valence-electron chi connectivity index (χ1n) is 10.5. The summed E-state index contributed by atoms with van der Waals surface area (Å²) in [6.07, 6.45) is 3.60. The molecule has 1 aliphatic rings. The van der Waals surface area contributed by atoms with Crippen molar-refractivity contribution in [1.29, 1.82) is 0 Å². The molecule has 0 amide bonds. The maximum atomic E-state index is 4.97. The SMILES string of the molecule is CCNC(=NCC(Nc1ccccc1)C(C)C)N1CCN(c2ncccn2)CC1. The van der Waals surface area contributed by atoms with Gasteiger partial charge in [-0.3, -0.25) is 4.99 Å². The molecule has 0 saturated carbocycles. The molecule has 1 aromatic heterocycles. The Bertz CT molecular complexity index is 740. The summed E-state index contributed by atoms with van der Waals surface area (Å²) in [5.74, 6) is 2.27. The zero-order chi connectivity index (χ0) is 20.5. The third-order valence-electron chi connectivity index (χ3n) is 5.12. The molecular formula is C22H33N7. The minimum absolute atomic E-state index is 0.282. The molecule has 2 aromatic rings. The second-order valence-corrected chi connectivity index (χ2v) is 7.58. The molecule has 29 heavy (non-hydrogen) atoms. The van der Waals surface area contributed by atoms with Gasteiger partial charge in [-0.1, -0.05) is 32.0 Å². The molecule has 2 heterocycles. The molecule has 3 rings (SSSR count). The summed E-state index contributed by atoms with van der Waals surface area (Å²) >= 11 is 0. The summed E-state index contributed by atoms with van der Waals surface area (Å²) < 4.78 is 0. The lowest BCUT2D eigenvalue weighted by atomic mass is 10.0. The average molecular weight is 396 g/mol. The van der Waals surface area contributed by atoms with E-state index in [4.69, 9.17) is 4.99 Å². The van der Waals surface area contributed by atoms with Gasteiger partial charge in [0, 0.05) is 56.8 Å². The van der Waals surface area contributed by atoms with Gasteiger partial charge in [0.1, 0.15) is 0 Å². The van der Waals surface area contributed by atoms with E-state index in [1.807, 2.05) is 12.1 Å². The molecule has 2 N–H and O–H groups in total. The molecule has 1 saturated heterocycles. The number of nitrogens with zero attached hydrogens (tertiary/aromatic N) is 5. The van der Waals surface area contributed by atoms with Crippen LogP contribution in [0.3, 0.4) is 0 Å².